The molecule has 0 aromatic rings. The molecule has 0 N–H and O–H groups in total. The van der Waals surface area contributed by atoms with Gasteiger partial charge in [-0.05, 0) is 0 Å². The Kier molecular flexibility index (Phi) is 16.3. The van der Waals surface area contributed by atoms with E-state index in [0.29, 0.717) is 0 Å². The average Bonchev–Trinajstić information content (AvgIpc) is 2.12. The topological polar surface area (TPSA) is 40.6 Å². The van der Waals surface area contributed by atoms with Gasteiger partial charge in [-0.25, -0.2) is 32.0 Å². The first-order valence-electron chi connectivity index (χ1n) is 5.76. The molecule has 0 aliphatic heterocycles. The van der Waals surface area contributed by atoms with Crippen LogP contribution in [0.1, 0.15) is 41.5 Å². The Morgan fingerprint density at radius 3 is 1.28 bits per heavy atom. The van der Waals surface area contributed by atoms with Crippen molar-refractivity contribution in [2.75, 3.05) is 7.05 Å². The zero-order valence-corrected chi connectivity index (χ0v) is 16.1. The molecule has 4 heteroatoms. The summed E-state index contributed by atoms with van der Waals surface area (Å²) in [6, 6.07) is 0. The first-order valence-corrected chi connectivity index (χ1v) is 7.20. The van der Waals surface area contributed by atoms with Crippen LogP contribution in [0, 0.1) is 6.92 Å². The maximum atomic E-state index is 4.29. The van der Waals surface area contributed by atoms with Gasteiger partial charge in [-0.1, -0.05) is 41.5 Å². The molecule has 0 atom stereocenters. The van der Waals surface area contributed by atoms with E-state index in [-0.39, 0.29) is 11.1 Å². The molecule has 18 heavy (non-hydrogen) atoms. The van der Waals surface area contributed by atoms with Gasteiger partial charge >= 0.3 is 31.3 Å². The van der Waals surface area contributed by atoms with Gasteiger partial charge in [0.2, 0.25) is 0 Å². The van der Waals surface area contributed by atoms with Gasteiger partial charge in [0.05, 0.1) is 0 Å². The van der Waals surface area contributed by atoms with Gasteiger partial charge in [-0.3, -0.25) is 0 Å². The predicted molar refractivity (Wildman–Crippen MR) is 79.3 cm³/mol. The van der Waals surface area contributed by atoms with Crippen LogP contribution in [-0.4, -0.2) is 18.1 Å². The van der Waals surface area contributed by atoms with Crippen LogP contribution in [0.3, 0.4) is 0 Å². The number of hydrogen-bond donors (Lipinski definition) is 0. The monoisotopic (exact) mass is 419 g/mol. The number of allylic oxidation sites excluding steroid dienone is 1. The van der Waals surface area contributed by atoms with Gasteiger partial charge in [0.15, 0.2) is 0 Å². The Hall–Kier alpha value is -0.510. The SMILES string of the molecule is C=C[CH2-].CC(C)(C)[N-]/C=C\[N-]C(C)(C)C.C[N]=[Ta]. The molecule has 3 nitrogen and oxygen atoms in total. The van der Waals surface area contributed by atoms with E-state index >= 15 is 0 Å². The molecule has 0 radical (unpaired) electrons. The van der Waals surface area contributed by atoms with Crippen molar-refractivity contribution in [3.05, 3.63) is 42.6 Å². The maximum absolute atomic E-state index is 4.29. The Labute approximate surface area is 126 Å². The third-order valence-corrected chi connectivity index (χ3v) is 0.990. The van der Waals surface area contributed by atoms with Crippen molar-refractivity contribution in [3.63, 3.8) is 0 Å². The van der Waals surface area contributed by atoms with Crippen LogP contribution in [0.4, 0.5) is 0 Å². The van der Waals surface area contributed by atoms with Gasteiger partial charge in [0.25, 0.3) is 0 Å². The van der Waals surface area contributed by atoms with Crippen molar-refractivity contribution >= 4 is 0 Å². The van der Waals surface area contributed by atoms with Crippen molar-refractivity contribution in [3.8, 4) is 0 Å². The molecule has 0 saturated heterocycles. The fourth-order valence-corrected chi connectivity index (χ4v) is 0.514. The second kappa shape index (κ2) is 12.9. The van der Waals surface area contributed by atoms with E-state index in [0.717, 1.165) is 20.9 Å². The summed E-state index contributed by atoms with van der Waals surface area (Å²) in [7, 11) is 1.80. The molecule has 0 aromatic carbocycles. The second-order valence-electron chi connectivity index (χ2n) is 5.39. The van der Waals surface area contributed by atoms with Gasteiger partial charge < -0.3 is 10.6 Å². The quantitative estimate of drug-likeness (QED) is 0.556. The summed E-state index contributed by atoms with van der Waals surface area (Å²) in [5.74, 6) is 0. The fourth-order valence-electron chi connectivity index (χ4n) is 0.514. The molecule has 0 rings (SSSR count). The van der Waals surface area contributed by atoms with Crippen LogP contribution in [-0.2, 0) is 20.9 Å². The molecule has 0 saturated carbocycles. The Bertz CT molecular complexity index is 198. The standard InChI is InChI=1S/C10H20N2.C3H5.CH3N.Ta/c1-9(2,3)11-7-8-12-10(4,5)6;1-3-2;1-2;/h7-8H,1-6H3;3H,1-2H2;1H3;/q-2;-1;;/b8-7-;;;. The average molecular weight is 419 g/mol. The number of hydrogen-bond acceptors (Lipinski definition) is 1. The molecule has 0 heterocycles. The molecule has 0 aliphatic rings. The van der Waals surface area contributed by atoms with Crippen molar-refractivity contribution < 1.29 is 20.9 Å². The Balaban J connectivity index is -0.000000315. The molecule has 0 aliphatic carbocycles. The van der Waals surface area contributed by atoms with E-state index in [9.17, 15) is 0 Å². The van der Waals surface area contributed by atoms with Crippen molar-refractivity contribution in [1.29, 1.82) is 0 Å². The Morgan fingerprint density at radius 1 is 1.00 bits per heavy atom. The van der Waals surface area contributed by atoms with Gasteiger partial charge in [-0.2, -0.15) is 0 Å². The van der Waals surface area contributed by atoms with Crippen molar-refractivity contribution in [1.82, 2.24) is 0 Å². The number of nitrogens with zero attached hydrogens (tertiary/aromatic N) is 3. The molecule has 0 aromatic heterocycles. The van der Waals surface area contributed by atoms with Gasteiger partial charge in [0.1, 0.15) is 0 Å². The zero-order chi connectivity index (χ0) is 15.2. The van der Waals surface area contributed by atoms with Crippen molar-refractivity contribution in [2.45, 2.75) is 52.6 Å². The summed E-state index contributed by atoms with van der Waals surface area (Å²) in [5, 5.41) is 8.57. The summed E-state index contributed by atoms with van der Waals surface area (Å²) in [4.78, 5) is 0. The van der Waals surface area contributed by atoms with Gasteiger partial charge in [0, 0.05) is 0 Å². The number of rotatable bonds is 2. The van der Waals surface area contributed by atoms with E-state index in [1.54, 1.807) is 19.4 Å². The van der Waals surface area contributed by atoms with Crippen molar-refractivity contribution in [2.24, 2.45) is 3.34 Å². The molecule has 0 fully saturated rings. The molecule has 0 bridgehead atoms. The summed E-state index contributed by atoms with van der Waals surface area (Å²) in [5.41, 5.74) is 0.00775. The van der Waals surface area contributed by atoms with Gasteiger partial charge in [-0.15, -0.1) is 11.1 Å². The molecule has 0 unspecified atom stereocenters. The summed E-state index contributed by atoms with van der Waals surface area (Å²) in [6.07, 6.45) is 5.04. The minimum atomic E-state index is 0.00387. The first kappa shape index (κ1) is 22.7. The van der Waals surface area contributed by atoms with Crippen LogP contribution < -0.4 is 0 Å². The van der Waals surface area contributed by atoms with Crippen LogP contribution >= 0.6 is 0 Å². The minimum absolute atomic E-state index is 0.00387. The third kappa shape index (κ3) is 45.1. The molecule has 0 spiro atoms. The molecular weight excluding hydrogens is 391 g/mol. The zero-order valence-electron chi connectivity index (χ0n) is 12.9. The van der Waals surface area contributed by atoms with E-state index in [4.69, 9.17) is 0 Å². The van der Waals surface area contributed by atoms with E-state index in [1.165, 1.54) is 6.08 Å². The van der Waals surface area contributed by atoms with Crippen LogP contribution in [0.2, 0.25) is 0 Å². The molecular formula is C14H28N3Ta-3. The molecule has 107 valence electrons. The van der Waals surface area contributed by atoms with Crippen LogP contribution in [0.25, 0.3) is 10.6 Å². The first-order chi connectivity index (χ1) is 8.04. The van der Waals surface area contributed by atoms with Crippen LogP contribution in [0.5, 0.6) is 0 Å². The second-order valence-corrected chi connectivity index (χ2v) is 6.82. The summed E-state index contributed by atoms with van der Waals surface area (Å²) >= 11 is 1.15. The molecule has 0 amide bonds. The summed E-state index contributed by atoms with van der Waals surface area (Å²) < 4.78 is 3.61. The van der Waals surface area contributed by atoms with E-state index in [1.807, 2.05) is 0 Å². The summed E-state index contributed by atoms with van der Waals surface area (Å²) in [6.45, 7) is 18.9. The van der Waals surface area contributed by atoms with E-state index in [2.05, 4.69) is 69.0 Å². The predicted octanol–water partition coefficient (Wildman–Crippen LogP) is 5.16. The normalized spacial score (nSPS) is 10.3. The van der Waals surface area contributed by atoms with E-state index < -0.39 is 0 Å². The Morgan fingerprint density at radius 2 is 1.17 bits per heavy atom. The third-order valence-electron chi connectivity index (χ3n) is 0.990. The van der Waals surface area contributed by atoms with Crippen LogP contribution in [0.15, 0.2) is 28.4 Å². The fraction of sp³-hybridized carbons (Fsp3) is 0.643.